The predicted octanol–water partition coefficient (Wildman–Crippen LogP) is 3.23. The second-order valence-electron chi connectivity index (χ2n) is 7.06. The molecule has 1 aliphatic heterocycles. The molecule has 2 aromatic carbocycles. The van der Waals surface area contributed by atoms with Gasteiger partial charge >= 0.3 is 6.03 Å². The van der Waals surface area contributed by atoms with Crippen LogP contribution in [0.1, 0.15) is 18.9 Å². The standard InChI is InChI=1S/C21H22ClN3O4/c1-21(11-10-14-6-8-17(29-2)9-7-14)19(27)25(20(28)24-21)13-18(26)23-16-5-3-4-15(22)12-16/h3-9,12H,10-11,13H2,1-2H3,(H,23,26)(H,24,28)/t21-/m0/s1. The summed E-state index contributed by atoms with van der Waals surface area (Å²) in [6.45, 7) is 1.31. The van der Waals surface area contributed by atoms with Gasteiger partial charge in [-0.1, -0.05) is 29.8 Å². The Labute approximate surface area is 174 Å². The van der Waals surface area contributed by atoms with Crippen molar-refractivity contribution >= 4 is 35.1 Å². The molecule has 0 saturated carbocycles. The zero-order valence-electron chi connectivity index (χ0n) is 16.2. The summed E-state index contributed by atoms with van der Waals surface area (Å²) in [6.07, 6.45) is 1.01. The van der Waals surface area contributed by atoms with Crippen molar-refractivity contribution in [2.75, 3.05) is 19.0 Å². The Morgan fingerprint density at radius 1 is 1.21 bits per heavy atom. The van der Waals surface area contributed by atoms with Gasteiger partial charge in [-0.15, -0.1) is 0 Å². The third-order valence-corrected chi connectivity index (χ3v) is 5.06. The molecule has 0 aliphatic carbocycles. The van der Waals surface area contributed by atoms with E-state index in [9.17, 15) is 14.4 Å². The molecule has 8 heteroatoms. The van der Waals surface area contributed by atoms with Gasteiger partial charge in [-0.3, -0.25) is 14.5 Å². The van der Waals surface area contributed by atoms with E-state index in [1.807, 2.05) is 24.3 Å². The summed E-state index contributed by atoms with van der Waals surface area (Å²) in [7, 11) is 1.60. The number of carbonyl (C=O) groups is 3. The Bertz CT molecular complexity index is 932. The Morgan fingerprint density at radius 3 is 2.59 bits per heavy atom. The number of amides is 4. The Hall–Kier alpha value is -3.06. The van der Waals surface area contributed by atoms with E-state index in [0.717, 1.165) is 16.2 Å². The van der Waals surface area contributed by atoms with E-state index < -0.39 is 23.4 Å². The number of halogens is 1. The second-order valence-corrected chi connectivity index (χ2v) is 7.50. The molecule has 2 aromatic rings. The first kappa shape index (κ1) is 20.7. The number of nitrogens with one attached hydrogen (secondary N) is 2. The van der Waals surface area contributed by atoms with Crippen LogP contribution in [-0.2, 0) is 16.0 Å². The minimum atomic E-state index is -1.06. The lowest BCUT2D eigenvalue weighted by Gasteiger charge is -2.21. The minimum Gasteiger partial charge on any atom is -0.497 e. The van der Waals surface area contributed by atoms with Gasteiger partial charge < -0.3 is 15.4 Å². The first-order valence-electron chi connectivity index (χ1n) is 9.13. The van der Waals surface area contributed by atoms with Crippen molar-refractivity contribution in [1.29, 1.82) is 0 Å². The van der Waals surface area contributed by atoms with Crippen molar-refractivity contribution in [1.82, 2.24) is 10.2 Å². The summed E-state index contributed by atoms with van der Waals surface area (Å²) >= 11 is 5.90. The third kappa shape index (κ3) is 4.86. The number of methoxy groups -OCH3 is 1. The number of rotatable bonds is 7. The van der Waals surface area contributed by atoms with Gasteiger partial charge in [0.1, 0.15) is 17.8 Å². The van der Waals surface area contributed by atoms with Crippen LogP contribution in [0.15, 0.2) is 48.5 Å². The maximum Gasteiger partial charge on any atom is 0.325 e. The zero-order valence-corrected chi connectivity index (χ0v) is 17.0. The number of hydrogen-bond acceptors (Lipinski definition) is 4. The maximum atomic E-state index is 12.8. The van der Waals surface area contributed by atoms with E-state index in [0.29, 0.717) is 23.6 Å². The molecule has 2 N–H and O–H groups in total. The molecule has 0 spiro atoms. The summed E-state index contributed by atoms with van der Waals surface area (Å²) in [4.78, 5) is 38.4. The van der Waals surface area contributed by atoms with Gasteiger partial charge in [-0.05, 0) is 55.7 Å². The number of urea groups is 1. The number of carbonyl (C=O) groups excluding carboxylic acids is 3. The van der Waals surface area contributed by atoms with Gasteiger partial charge in [-0.25, -0.2) is 4.79 Å². The molecule has 1 fully saturated rings. The number of hydrogen-bond donors (Lipinski definition) is 2. The lowest BCUT2D eigenvalue weighted by Crippen LogP contribution is -2.45. The molecule has 29 heavy (non-hydrogen) atoms. The molecule has 0 aromatic heterocycles. The van der Waals surface area contributed by atoms with Crippen LogP contribution in [0.3, 0.4) is 0 Å². The van der Waals surface area contributed by atoms with E-state index in [-0.39, 0.29) is 6.54 Å². The fourth-order valence-corrected chi connectivity index (χ4v) is 3.35. The van der Waals surface area contributed by atoms with Crippen LogP contribution >= 0.6 is 11.6 Å². The van der Waals surface area contributed by atoms with Crippen molar-refractivity contribution in [2.24, 2.45) is 0 Å². The van der Waals surface area contributed by atoms with Crippen molar-refractivity contribution < 1.29 is 19.1 Å². The van der Waals surface area contributed by atoms with Crippen LogP contribution in [0.5, 0.6) is 5.75 Å². The SMILES string of the molecule is COc1ccc(CC[C@]2(C)NC(=O)N(CC(=O)Nc3cccc(Cl)c3)C2=O)cc1. The van der Waals surface area contributed by atoms with Crippen LogP contribution in [-0.4, -0.2) is 41.9 Å². The van der Waals surface area contributed by atoms with Crippen LogP contribution in [0.4, 0.5) is 10.5 Å². The third-order valence-electron chi connectivity index (χ3n) is 4.83. The van der Waals surface area contributed by atoms with E-state index in [1.54, 1.807) is 38.3 Å². The van der Waals surface area contributed by atoms with Crippen LogP contribution < -0.4 is 15.4 Å². The monoisotopic (exact) mass is 415 g/mol. The summed E-state index contributed by atoms with van der Waals surface area (Å²) in [5.74, 6) is -0.144. The first-order valence-corrected chi connectivity index (χ1v) is 9.51. The molecular weight excluding hydrogens is 394 g/mol. The second kappa shape index (κ2) is 8.53. The highest BCUT2D eigenvalue weighted by Gasteiger charge is 2.47. The topological polar surface area (TPSA) is 87.7 Å². The zero-order chi connectivity index (χ0) is 21.0. The normalized spacial score (nSPS) is 18.5. The van der Waals surface area contributed by atoms with Gasteiger partial charge in [0.25, 0.3) is 5.91 Å². The summed E-state index contributed by atoms with van der Waals surface area (Å²) in [6, 6.07) is 13.6. The smallest absolute Gasteiger partial charge is 0.325 e. The number of benzene rings is 2. The van der Waals surface area contributed by atoms with Crippen LogP contribution in [0.25, 0.3) is 0 Å². The van der Waals surface area contributed by atoms with Crippen molar-refractivity contribution in [3.8, 4) is 5.75 Å². The fraction of sp³-hybridized carbons (Fsp3) is 0.286. The maximum absolute atomic E-state index is 12.8. The van der Waals surface area contributed by atoms with Gasteiger partial charge in [0.05, 0.1) is 7.11 Å². The first-order chi connectivity index (χ1) is 13.8. The molecule has 4 amide bonds. The van der Waals surface area contributed by atoms with Crippen molar-refractivity contribution in [2.45, 2.75) is 25.3 Å². The van der Waals surface area contributed by atoms with Crippen LogP contribution in [0.2, 0.25) is 5.02 Å². The molecule has 3 rings (SSSR count). The highest BCUT2D eigenvalue weighted by molar-refractivity contribution is 6.30. The minimum absolute atomic E-state index is 0.366. The quantitative estimate of drug-likeness (QED) is 0.679. The Morgan fingerprint density at radius 2 is 1.93 bits per heavy atom. The highest BCUT2D eigenvalue weighted by Crippen LogP contribution is 2.24. The average molecular weight is 416 g/mol. The van der Waals surface area contributed by atoms with E-state index >= 15 is 0 Å². The Kier molecular flexibility index (Phi) is 6.08. The molecular formula is C21H22ClN3O4. The number of imide groups is 1. The molecule has 1 heterocycles. The molecule has 1 saturated heterocycles. The predicted molar refractivity (Wildman–Crippen MR) is 110 cm³/mol. The summed E-state index contributed by atoms with van der Waals surface area (Å²) in [5.41, 5.74) is 0.455. The molecule has 0 unspecified atom stereocenters. The molecule has 152 valence electrons. The summed E-state index contributed by atoms with van der Waals surface area (Å²) < 4.78 is 5.14. The lowest BCUT2D eigenvalue weighted by molar-refractivity contribution is -0.133. The van der Waals surface area contributed by atoms with Gasteiger partial charge in [0.2, 0.25) is 5.91 Å². The van der Waals surface area contributed by atoms with E-state index in [2.05, 4.69) is 10.6 Å². The van der Waals surface area contributed by atoms with Crippen molar-refractivity contribution in [3.05, 3.63) is 59.1 Å². The van der Waals surface area contributed by atoms with E-state index in [1.165, 1.54) is 0 Å². The highest BCUT2D eigenvalue weighted by atomic mass is 35.5. The molecule has 0 radical (unpaired) electrons. The molecule has 1 aliphatic rings. The average Bonchev–Trinajstić information content (AvgIpc) is 2.90. The Balaban J connectivity index is 1.60. The van der Waals surface area contributed by atoms with Crippen molar-refractivity contribution in [3.63, 3.8) is 0 Å². The summed E-state index contributed by atoms with van der Waals surface area (Å²) in [5, 5.41) is 5.83. The van der Waals surface area contributed by atoms with Gasteiger partial charge in [0.15, 0.2) is 0 Å². The number of ether oxygens (including phenoxy) is 1. The van der Waals surface area contributed by atoms with Gasteiger partial charge in [0, 0.05) is 10.7 Å². The van der Waals surface area contributed by atoms with E-state index in [4.69, 9.17) is 16.3 Å². The van der Waals surface area contributed by atoms with Crippen LogP contribution in [0, 0.1) is 0 Å². The number of anilines is 1. The largest absolute Gasteiger partial charge is 0.497 e. The fourth-order valence-electron chi connectivity index (χ4n) is 3.16. The lowest BCUT2D eigenvalue weighted by atomic mass is 9.93. The number of nitrogens with zero attached hydrogens (tertiary/aromatic N) is 1. The molecule has 1 atom stereocenters. The number of aryl methyl sites for hydroxylation is 1. The van der Waals surface area contributed by atoms with Gasteiger partial charge in [-0.2, -0.15) is 0 Å². The molecule has 7 nitrogen and oxygen atoms in total. The molecule has 0 bridgehead atoms.